The zero-order valence-electron chi connectivity index (χ0n) is 4.57. The van der Waals surface area contributed by atoms with Crippen LogP contribution in [0.4, 0.5) is 0 Å². The van der Waals surface area contributed by atoms with E-state index < -0.39 is 0 Å². The molecule has 1 aromatic rings. The van der Waals surface area contributed by atoms with Crippen molar-refractivity contribution in [2.75, 3.05) is 0 Å². The van der Waals surface area contributed by atoms with Crippen LogP contribution in [0.5, 0.6) is 0 Å². The number of hydrogen-bond donors (Lipinski definition) is 0. The molecule has 0 atom stereocenters. The second-order valence-electron chi connectivity index (χ2n) is 1.67. The van der Waals surface area contributed by atoms with Crippen molar-refractivity contribution in [3.05, 3.63) is 27.7 Å². The Bertz CT molecular complexity index is 224. The third-order valence-electron chi connectivity index (χ3n) is 0.944. The Balaban J connectivity index is 3.17. The van der Waals surface area contributed by atoms with Crippen LogP contribution in [0.1, 0.15) is 0 Å². The first kappa shape index (κ1) is 7.17. The Morgan fingerprint density at radius 3 is 2.56 bits per heavy atom. The molecular formula is C6H3BBrCl. The van der Waals surface area contributed by atoms with E-state index in [-0.39, 0.29) is 0 Å². The van der Waals surface area contributed by atoms with Crippen LogP contribution in [0.15, 0.2) is 22.7 Å². The van der Waals surface area contributed by atoms with Crippen molar-refractivity contribution in [1.82, 2.24) is 0 Å². The maximum atomic E-state index is 5.69. The minimum absolute atomic E-state index is 0.648. The minimum Gasteiger partial charge on any atom is -0.0951 e. The highest BCUT2D eigenvalue weighted by Crippen LogP contribution is 2.19. The average Bonchev–Trinajstić information content (AvgIpc) is 1.80. The number of rotatable bonds is 0. The highest BCUT2D eigenvalue weighted by molar-refractivity contribution is 9.10. The minimum atomic E-state index is 0.648. The molecule has 44 valence electrons. The molecule has 0 saturated heterocycles. The van der Waals surface area contributed by atoms with Gasteiger partial charge in [0.15, 0.2) is 0 Å². The first-order valence-electron chi connectivity index (χ1n) is 2.40. The van der Waals surface area contributed by atoms with Gasteiger partial charge in [-0.15, -0.1) is 0 Å². The molecule has 0 nitrogen and oxygen atoms in total. The lowest BCUT2D eigenvalue weighted by molar-refractivity contribution is 1.70. The topological polar surface area (TPSA) is 0 Å². The Morgan fingerprint density at radius 2 is 2.11 bits per heavy atom. The maximum Gasteiger partial charge on any atom is 0.113 e. The zero-order valence-corrected chi connectivity index (χ0v) is 6.91. The standard InChI is InChI=1S/C6H3BBrCl/c7-4-1-2-5(8)6(9)3-4/h1-3H. The Kier molecular flexibility index (Phi) is 2.20. The monoisotopic (exact) mass is 200 g/mol. The van der Waals surface area contributed by atoms with Crippen LogP contribution < -0.4 is 5.46 Å². The molecule has 0 aliphatic carbocycles. The zero-order chi connectivity index (χ0) is 6.85. The lowest BCUT2D eigenvalue weighted by atomic mass is 9.97. The van der Waals surface area contributed by atoms with Gasteiger partial charge in [-0.2, -0.15) is 0 Å². The molecular weight excluding hydrogens is 198 g/mol. The van der Waals surface area contributed by atoms with Gasteiger partial charge in [-0.1, -0.05) is 23.1 Å². The van der Waals surface area contributed by atoms with E-state index in [1.165, 1.54) is 0 Å². The van der Waals surface area contributed by atoms with Crippen molar-refractivity contribution in [2.24, 2.45) is 0 Å². The van der Waals surface area contributed by atoms with Gasteiger partial charge in [0.25, 0.3) is 0 Å². The molecule has 0 aliphatic heterocycles. The first-order chi connectivity index (χ1) is 4.20. The van der Waals surface area contributed by atoms with Crippen LogP contribution in [0.3, 0.4) is 0 Å². The molecule has 1 rings (SSSR count). The van der Waals surface area contributed by atoms with Gasteiger partial charge in [-0.25, -0.2) is 0 Å². The summed E-state index contributed by atoms with van der Waals surface area (Å²) in [5.41, 5.74) is 0.684. The SMILES string of the molecule is [B]c1ccc(Br)c(Cl)c1. The van der Waals surface area contributed by atoms with Crippen LogP contribution >= 0.6 is 27.5 Å². The van der Waals surface area contributed by atoms with E-state index in [4.69, 9.17) is 19.4 Å². The lowest BCUT2D eigenvalue weighted by Crippen LogP contribution is -1.99. The van der Waals surface area contributed by atoms with Crippen LogP contribution in [-0.4, -0.2) is 7.85 Å². The van der Waals surface area contributed by atoms with E-state index in [0.717, 1.165) is 4.47 Å². The summed E-state index contributed by atoms with van der Waals surface area (Å²) in [6.45, 7) is 0. The highest BCUT2D eigenvalue weighted by atomic mass is 79.9. The number of benzene rings is 1. The fraction of sp³-hybridized carbons (Fsp3) is 0. The third kappa shape index (κ3) is 1.73. The fourth-order valence-corrected chi connectivity index (χ4v) is 0.948. The van der Waals surface area contributed by atoms with E-state index >= 15 is 0 Å². The second kappa shape index (κ2) is 2.76. The smallest absolute Gasteiger partial charge is 0.0951 e. The van der Waals surface area contributed by atoms with E-state index in [2.05, 4.69) is 15.9 Å². The third-order valence-corrected chi connectivity index (χ3v) is 2.18. The van der Waals surface area contributed by atoms with Gasteiger partial charge in [-0.05, 0) is 28.1 Å². The van der Waals surface area contributed by atoms with Gasteiger partial charge < -0.3 is 0 Å². The van der Waals surface area contributed by atoms with E-state index in [1.54, 1.807) is 12.1 Å². The Labute approximate surface area is 68.8 Å². The Hall–Kier alpha value is 0.0549. The molecule has 0 aliphatic rings. The molecule has 9 heavy (non-hydrogen) atoms. The average molecular weight is 201 g/mol. The first-order valence-corrected chi connectivity index (χ1v) is 3.58. The molecule has 0 fully saturated rings. The van der Waals surface area contributed by atoms with Gasteiger partial charge in [-0.3, -0.25) is 0 Å². The van der Waals surface area contributed by atoms with Crippen molar-refractivity contribution in [2.45, 2.75) is 0 Å². The summed E-state index contributed by atoms with van der Waals surface area (Å²) in [5.74, 6) is 0. The fourth-order valence-electron chi connectivity index (χ4n) is 0.512. The lowest BCUT2D eigenvalue weighted by Gasteiger charge is -1.95. The summed E-state index contributed by atoms with van der Waals surface area (Å²) in [5, 5.41) is 0.648. The summed E-state index contributed by atoms with van der Waals surface area (Å²) in [6, 6.07) is 5.30. The van der Waals surface area contributed by atoms with Crippen molar-refractivity contribution in [1.29, 1.82) is 0 Å². The highest BCUT2D eigenvalue weighted by Gasteiger charge is 1.92. The normalized spacial score (nSPS) is 9.56. The number of hydrogen-bond acceptors (Lipinski definition) is 0. The second-order valence-corrected chi connectivity index (χ2v) is 2.94. The van der Waals surface area contributed by atoms with Gasteiger partial charge >= 0.3 is 0 Å². The van der Waals surface area contributed by atoms with E-state index in [9.17, 15) is 0 Å². The summed E-state index contributed by atoms with van der Waals surface area (Å²) in [4.78, 5) is 0. The van der Waals surface area contributed by atoms with Crippen molar-refractivity contribution in [3.63, 3.8) is 0 Å². The van der Waals surface area contributed by atoms with Gasteiger partial charge in [0.05, 0.1) is 5.02 Å². The number of halogens is 2. The Morgan fingerprint density at radius 1 is 1.44 bits per heavy atom. The molecule has 0 unspecified atom stereocenters. The van der Waals surface area contributed by atoms with Crippen LogP contribution in [0.25, 0.3) is 0 Å². The van der Waals surface area contributed by atoms with Gasteiger partial charge in [0.1, 0.15) is 7.85 Å². The summed E-state index contributed by atoms with van der Waals surface area (Å²) < 4.78 is 0.873. The van der Waals surface area contributed by atoms with Crippen LogP contribution in [-0.2, 0) is 0 Å². The summed E-state index contributed by atoms with van der Waals surface area (Å²) >= 11 is 8.93. The molecule has 3 heteroatoms. The van der Waals surface area contributed by atoms with Crippen molar-refractivity contribution >= 4 is 40.8 Å². The molecule has 0 heterocycles. The summed E-state index contributed by atoms with van der Waals surface area (Å²) in [6.07, 6.45) is 0. The van der Waals surface area contributed by atoms with Crippen molar-refractivity contribution in [3.8, 4) is 0 Å². The molecule has 0 N–H and O–H groups in total. The predicted octanol–water partition coefficient (Wildman–Crippen LogP) is 1.90. The molecule has 1 aromatic carbocycles. The maximum absolute atomic E-state index is 5.69. The predicted molar refractivity (Wildman–Crippen MR) is 44.5 cm³/mol. The van der Waals surface area contributed by atoms with Crippen LogP contribution in [0, 0.1) is 0 Å². The van der Waals surface area contributed by atoms with E-state index in [0.29, 0.717) is 10.5 Å². The molecule has 0 saturated carbocycles. The molecule has 0 bridgehead atoms. The van der Waals surface area contributed by atoms with Crippen molar-refractivity contribution < 1.29 is 0 Å². The molecule has 0 aromatic heterocycles. The van der Waals surface area contributed by atoms with E-state index in [1.807, 2.05) is 6.07 Å². The molecule has 0 spiro atoms. The van der Waals surface area contributed by atoms with Crippen LogP contribution in [0.2, 0.25) is 5.02 Å². The largest absolute Gasteiger partial charge is 0.113 e. The summed E-state index contributed by atoms with van der Waals surface area (Å²) in [7, 11) is 5.42. The molecule has 2 radical (unpaired) electrons. The molecule has 0 amide bonds. The van der Waals surface area contributed by atoms with Gasteiger partial charge in [0.2, 0.25) is 0 Å². The quantitative estimate of drug-likeness (QED) is 0.562. The van der Waals surface area contributed by atoms with Gasteiger partial charge in [0, 0.05) is 4.47 Å².